The number of ether oxygens (including phenoxy) is 4. The number of nitrogen functional groups attached to an aromatic ring is 1. The first-order valence-electron chi connectivity index (χ1n) is 11.4. The molecule has 0 radical (unpaired) electrons. The van der Waals surface area contributed by atoms with E-state index < -0.39 is 6.67 Å². The first-order chi connectivity index (χ1) is 15.5. The molecular weight excluding hydrogens is 421 g/mol. The second-order valence-electron chi connectivity index (χ2n) is 9.86. The molecule has 2 aromatic rings. The number of hydrogen-bond acceptors (Lipinski definition) is 5. The molecule has 2 rings (SSSR count). The third kappa shape index (κ3) is 11.4. The first kappa shape index (κ1) is 28.7. The Morgan fingerprint density at radius 2 is 1.36 bits per heavy atom. The summed E-state index contributed by atoms with van der Waals surface area (Å²) in [6.07, 6.45) is -0.523. The topological polar surface area (TPSA) is 62.9 Å². The molecule has 0 fully saturated rings. The molecule has 5 nitrogen and oxygen atoms in total. The average Bonchev–Trinajstić information content (AvgIpc) is 2.76. The molecule has 6 heteroatoms. The molecule has 0 saturated carbocycles. The van der Waals surface area contributed by atoms with Crippen LogP contribution in [-0.4, -0.2) is 26.3 Å². The molecule has 186 valence electrons. The number of methoxy groups -OCH3 is 1. The number of rotatable bonds is 10. The zero-order valence-electron chi connectivity index (χ0n) is 21.4. The molecule has 0 bridgehead atoms. The lowest BCUT2D eigenvalue weighted by Crippen LogP contribution is -2.33. The second-order valence-corrected chi connectivity index (χ2v) is 9.86. The Hall–Kier alpha value is -2.31. The summed E-state index contributed by atoms with van der Waals surface area (Å²) in [5.41, 5.74) is 6.92. The van der Waals surface area contributed by atoms with Crippen LogP contribution in [-0.2, 0) is 16.1 Å². The summed E-state index contributed by atoms with van der Waals surface area (Å²) in [6, 6.07) is 14.3. The minimum absolute atomic E-state index is 0.0594. The first-order valence-corrected chi connectivity index (χ1v) is 11.4. The maximum absolute atomic E-state index is 12.4. The number of nitrogens with two attached hydrogens (primary N) is 1. The van der Waals surface area contributed by atoms with Gasteiger partial charge in [-0.2, -0.15) is 0 Å². The zero-order chi connectivity index (χ0) is 25.0. The van der Waals surface area contributed by atoms with Gasteiger partial charge in [0.15, 0.2) is 0 Å². The van der Waals surface area contributed by atoms with Crippen molar-refractivity contribution in [2.24, 2.45) is 17.3 Å². The van der Waals surface area contributed by atoms with Gasteiger partial charge in [0.25, 0.3) is 0 Å². The number of benzene rings is 2. The fourth-order valence-corrected chi connectivity index (χ4v) is 2.69. The van der Waals surface area contributed by atoms with Gasteiger partial charge in [0.05, 0.1) is 6.61 Å². The summed E-state index contributed by atoms with van der Waals surface area (Å²) in [6.45, 7) is 14.8. The van der Waals surface area contributed by atoms with E-state index in [2.05, 4.69) is 48.5 Å². The van der Waals surface area contributed by atoms with Gasteiger partial charge in [-0.25, -0.2) is 4.39 Å². The highest BCUT2D eigenvalue weighted by Gasteiger charge is 2.26. The van der Waals surface area contributed by atoms with Crippen molar-refractivity contribution in [3.05, 3.63) is 54.1 Å². The molecule has 33 heavy (non-hydrogen) atoms. The van der Waals surface area contributed by atoms with E-state index in [1.165, 1.54) is 0 Å². The Balaban J connectivity index is 0.000000335. The highest BCUT2D eigenvalue weighted by Crippen LogP contribution is 2.25. The third-order valence-corrected chi connectivity index (χ3v) is 4.51. The standard InChI is InChI=1S/C15H23FO2.C12H19NO2/c1-11(2)10-17-15(12(3)4)18-14-7-5-13(9-16)6-8-14;1-12(2,3)11(14-4)15-10-7-5-9(13)6-8-10/h5-8,11-12,15H,9-10H2,1-4H3;5-8,11H,13H2,1-4H3. The zero-order valence-corrected chi connectivity index (χ0v) is 21.4. The predicted octanol–water partition coefficient (Wildman–Crippen LogP) is 6.86. The molecule has 0 aliphatic heterocycles. The molecule has 2 atom stereocenters. The van der Waals surface area contributed by atoms with Gasteiger partial charge in [-0.05, 0) is 47.9 Å². The SMILES string of the molecule is CC(C)COC(Oc1ccc(CF)cc1)C(C)C.COC(Oc1ccc(N)cc1)C(C)(C)C. The fraction of sp³-hybridized carbons (Fsp3) is 0.556. The van der Waals surface area contributed by atoms with E-state index in [0.29, 0.717) is 18.1 Å². The average molecular weight is 464 g/mol. The van der Waals surface area contributed by atoms with E-state index in [-0.39, 0.29) is 23.9 Å². The summed E-state index contributed by atoms with van der Waals surface area (Å²) < 4.78 is 34.9. The molecule has 0 heterocycles. The highest BCUT2D eigenvalue weighted by molar-refractivity contribution is 5.41. The normalized spacial score (nSPS) is 13.3. The van der Waals surface area contributed by atoms with Crippen LogP contribution in [0.5, 0.6) is 11.5 Å². The Kier molecular flexibility index (Phi) is 12.2. The van der Waals surface area contributed by atoms with Gasteiger partial charge >= 0.3 is 0 Å². The predicted molar refractivity (Wildman–Crippen MR) is 133 cm³/mol. The molecule has 0 amide bonds. The lowest BCUT2D eigenvalue weighted by Gasteiger charge is -2.29. The molecule has 0 aliphatic carbocycles. The lowest BCUT2D eigenvalue weighted by molar-refractivity contribution is -0.120. The van der Waals surface area contributed by atoms with Crippen molar-refractivity contribution in [2.45, 2.75) is 67.7 Å². The van der Waals surface area contributed by atoms with Crippen molar-refractivity contribution in [3.63, 3.8) is 0 Å². The Labute approximate surface area is 199 Å². The quantitative estimate of drug-likeness (QED) is 0.308. The monoisotopic (exact) mass is 463 g/mol. The van der Waals surface area contributed by atoms with Crippen LogP contribution in [0.15, 0.2) is 48.5 Å². The molecule has 2 aromatic carbocycles. The van der Waals surface area contributed by atoms with Gasteiger partial charge < -0.3 is 24.7 Å². The number of anilines is 1. The molecule has 0 spiro atoms. The van der Waals surface area contributed by atoms with E-state index in [1.54, 1.807) is 31.4 Å². The van der Waals surface area contributed by atoms with Crippen LogP contribution in [0.2, 0.25) is 0 Å². The van der Waals surface area contributed by atoms with Crippen LogP contribution in [0.3, 0.4) is 0 Å². The van der Waals surface area contributed by atoms with Crippen molar-refractivity contribution in [3.8, 4) is 11.5 Å². The van der Waals surface area contributed by atoms with Crippen LogP contribution in [0.4, 0.5) is 10.1 Å². The summed E-state index contributed by atoms with van der Waals surface area (Å²) in [5, 5.41) is 0. The van der Waals surface area contributed by atoms with Gasteiger partial charge in [0.1, 0.15) is 18.2 Å². The van der Waals surface area contributed by atoms with Crippen molar-refractivity contribution in [2.75, 3.05) is 19.5 Å². The molecule has 0 saturated heterocycles. The van der Waals surface area contributed by atoms with Crippen molar-refractivity contribution in [1.29, 1.82) is 0 Å². The van der Waals surface area contributed by atoms with E-state index in [9.17, 15) is 4.39 Å². The Morgan fingerprint density at radius 3 is 1.79 bits per heavy atom. The van der Waals surface area contributed by atoms with E-state index >= 15 is 0 Å². The maximum atomic E-state index is 12.4. The van der Waals surface area contributed by atoms with Crippen LogP contribution < -0.4 is 15.2 Å². The van der Waals surface area contributed by atoms with Gasteiger partial charge in [-0.15, -0.1) is 0 Å². The van der Waals surface area contributed by atoms with Crippen LogP contribution in [0.25, 0.3) is 0 Å². The molecule has 2 unspecified atom stereocenters. The van der Waals surface area contributed by atoms with Crippen LogP contribution in [0.1, 0.15) is 54.0 Å². The van der Waals surface area contributed by atoms with Gasteiger partial charge in [0, 0.05) is 24.1 Å². The van der Waals surface area contributed by atoms with Gasteiger partial charge in [0.2, 0.25) is 12.6 Å². The fourth-order valence-electron chi connectivity index (χ4n) is 2.69. The van der Waals surface area contributed by atoms with E-state index in [4.69, 9.17) is 24.7 Å². The summed E-state index contributed by atoms with van der Waals surface area (Å²) in [7, 11) is 1.65. The van der Waals surface area contributed by atoms with E-state index in [1.807, 2.05) is 24.3 Å². The number of alkyl halides is 1. The summed E-state index contributed by atoms with van der Waals surface area (Å²) in [5.74, 6) is 2.23. The second kappa shape index (κ2) is 14.1. The molecular formula is C27H42FNO4. The number of hydrogen-bond donors (Lipinski definition) is 1. The van der Waals surface area contributed by atoms with Gasteiger partial charge in [-0.3, -0.25) is 0 Å². The molecule has 0 aliphatic rings. The maximum Gasteiger partial charge on any atom is 0.204 e. The minimum Gasteiger partial charge on any atom is -0.465 e. The number of halogens is 1. The highest BCUT2D eigenvalue weighted by atomic mass is 19.1. The van der Waals surface area contributed by atoms with Crippen LogP contribution >= 0.6 is 0 Å². The Bertz CT molecular complexity index is 770. The minimum atomic E-state index is -0.447. The lowest BCUT2D eigenvalue weighted by atomic mass is 9.96. The van der Waals surface area contributed by atoms with Crippen LogP contribution in [0, 0.1) is 17.3 Å². The van der Waals surface area contributed by atoms with Gasteiger partial charge in [-0.1, -0.05) is 60.6 Å². The van der Waals surface area contributed by atoms with Crippen molar-refractivity contribution >= 4 is 5.69 Å². The smallest absolute Gasteiger partial charge is 0.204 e. The largest absolute Gasteiger partial charge is 0.465 e. The molecule has 2 N–H and O–H groups in total. The van der Waals surface area contributed by atoms with Crippen molar-refractivity contribution in [1.82, 2.24) is 0 Å². The Morgan fingerprint density at radius 1 is 0.848 bits per heavy atom. The summed E-state index contributed by atoms with van der Waals surface area (Å²) in [4.78, 5) is 0. The third-order valence-electron chi connectivity index (χ3n) is 4.51. The van der Waals surface area contributed by atoms with E-state index in [0.717, 1.165) is 17.2 Å². The summed E-state index contributed by atoms with van der Waals surface area (Å²) >= 11 is 0. The van der Waals surface area contributed by atoms with Crippen molar-refractivity contribution < 1.29 is 23.3 Å². The molecule has 0 aromatic heterocycles.